The monoisotopic (exact) mass is 349 g/mol. The van der Waals surface area contributed by atoms with Crippen molar-refractivity contribution < 1.29 is 18.7 Å². The molecule has 2 aliphatic rings. The molecule has 138 valence electrons. The molecule has 2 aliphatic heterocycles. The van der Waals surface area contributed by atoms with Crippen LogP contribution in [0, 0.1) is 11.7 Å². The van der Waals surface area contributed by atoms with Gasteiger partial charge in [-0.25, -0.2) is 4.39 Å². The number of aryl methyl sites for hydroxylation is 1. The van der Waals surface area contributed by atoms with Crippen molar-refractivity contribution >= 4 is 5.91 Å². The van der Waals surface area contributed by atoms with Gasteiger partial charge in [0.1, 0.15) is 0 Å². The molecular formula is C20H28FNO3. The van der Waals surface area contributed by atoms with E-state index in [2.05, 4.69) is 4.90 Å². The Morgan fingerprint density at radius 2 is 2.08 bits per heavy atom. The number of hydrogen-bond acceptors (Lipinski definition) is 3. The van der Waals surface area contributed by atoms with Crippen molar-refractivity contribution in [2.45, 2.75) is 51.0 Å². The van der Waals surface area contributed by atoms with Gasteiger partial charge in [0, 0.05) is 32.2 Å². The number of amides is 1. The van der Waals surface area contributed by atoms with Gasteiger partial charge in [0.25, 0.3) is 0 Å². The summed E-state index contributed by atoms with van der Waals surface area (Å²) >= 11 is 0. The lowest BCUT2D eigenvalue weighted by molar-refractivity contribution is -0.137. The number of methoxy groups -OCH3 is 1. The van der Waals surface area contributed by atoms with E-state index in [0.29, 0.717) is 24.8 Å². The van der Waals surface area contributed by atoms with Crippen LogP contribution in [0.1, 0.15) is 44.1 Å². The maximum Gasteiger partial charge on any atom is 0.223 e. The van der Waals surface area contributed by atoms with E-state index < -0.39 is 0 Å². The zero-order valence-corrected chi connectivity index (χ0v) is 15.0. The van der Waals surface area contributed by atoms with Crippen LogP contribution in [0.15, 0.2) is 18.2 Å². The predicted molar refractivity (Wildman–Crippen MR) is 94.2 cm³/mol. The summed E-state index contributed by atoms with van der Waals surface area (Å²) in [5, 5.41) is 0. The molecule has 0 aliphatic carbocycles. The Morgan fingerprint density at radius 1 is 1.28 bits per heavy atom. The van der Waals surface area contributed by atoms with Crippen LogP contribution in [0.5, 0.6) is 5.75 Å². The Kier molecular flexibility index (Phi) is 6.29. The maximum absolute atomic E-state index is 13.8. The second-order valence-corrected chi connectivity index (χ2v) is 7.07. The molecule has 1 aromatic rings. The van der Waals surface area contributed by atoms with E-state index in [1.54, 1.807) is 6.07 Å². The van der Waals surface area contributed by atoms with Crippen molar-refractivity contribution in [3.05, 3.63) is 29.6 Å². The van der Waals surface area contributed by atoms with Crippen LogP contribution in [0.2, 0.25) is 0 Å². The first-order valence-corrected chi connectivity index (χ1v) is 9.38. The Hall–Kier alpha value is -1.62. The van der Waals surface area contributed by atoms with Crippen molar-refractivity contribution in [1.29, 1.82) is 0 Å². The SMILES string of the molecule is COc1ccc(CCC(=O)N2CCCCC2C2CCOCC2)cc1F. The van der Waals surface area contributed by atoms with Gasteiger partial charge in [-0.05, 0) is 62.1 Å². The van der Waals surface area contributed by atoms with E-state index in [1.165, 1.54) is 19.6 Å². The summed E-state index contributed by atoms with van der Waals surface area (Å²) in [6.45, 7) is 2.49. The number of rotatable bonds is 5. The average Bonchev–Trinajstić information content (AvgIpc) is 2.67. The molecule has 1 atom stereocenters. The Balaban J connectivity index is 1.59. The molecule has 0 N–H and O–H groups in total. The largest absolute Gasteiger partial charge is 0.494 e. The average molecular weight is 349 g/mol. The molecule has 0 saturated carbocycles. The summed E-state index contributed by atoms with van der Waals surface area (Å²) < 4.78 is 24.2. The van der Waals surface area contributed by atoms with Gasteiger partial charge in [0.05, 0.1) is 7.11 Å². The molecule has 4 nitrogen and oxygen atoms in total. The fourth-order valence-electron chi connectivity index (χ4n) is 4.12. The van der Waals surface area contributed by atoms with Crippen molar-refractivity contribution in [3.63, 3.8) is 0 Å². The highest BCUT2D eigenvalue weighted by molar-refractivity contribution is 5.77. The molecule has 2 fully saturated rings. The van der Waals surface area contributed by atoms with E-state index in [-0.39, 0.29) is 17.5 Å². The van der Waals surface area contributed by atoms with Gasteiger partial charge in [0.2, 0.25) is 5.91 Å². The number of carbonyl (C=O) groups is 1. The Bertz CT molecular complexity index is 586. The normalized spacial score (nSPS) is 22.0. The lowest BCUT2D eigenvalue weighted by Crippen LogP contribution is -2.48. The van der Waals surface area contributed by atoms with E-state index in [9.17, 15) is 9.18 Å². The first kappa shape index (κ1) is 18.2. The molecule has 0 bridgehead atoms. The van der Waals surface area contributed by atoms with Crippen molar-refractivity contribution in [2.75, 3.05) is 26.9 Å². The van der Waals surface area contributed by atoms with E-state index >= 15 is 0 Å². The summed E-state index contributed by atoms with van der Waals surface area (Å²) in [6.07, 6.45) is 6.50. The highest BCUT2D eigenvalue weighted by Gasteiger charge is 2.33. The minimum atomic E-state index is -0.370. The lowest BCUT2D eigenvalue weighted by Gasteiger charge is -2.42. The third-order valence-electron chi connectivity index (χ3n) is 5.52. The molecule has 5 heteroatoms. The number of benzene rings is 1. The van der Waals surface area contributed by atoms with Gasteiger partial charge in [-0.3, -0.25) is 4.79 Å². The van der Waals surface area contributed by atoms with Gasteiger partial charge in [-0.2, -0.15) is 0 Å². The zero-order valence-electron chi connectivity index (χ0n) is 15.0. The molecule has 0 aromatic heterocycles. The molecule has 1 unspecified atom stereocenters. The Labute approximate surface area is 149 Å². The van der Waals surface area contributed by atoms with Gasteiger partial charge >= 0.3 is 0 Å². The second kappa shape index (κ2) is 8.65. The fraction of sp³-hybridized carbons (Fsp3) is 0.650. The van der Waals surface area contributed by atoms with Crippen molar-refractivity contribution in [3.8, 4) is 5.75 Å². The molecule has 25 heavy (non-hydrogen) atoms. The van der Waals surface area contributed by atoms with E-state index in [1.807, 2.05) is 6.07 Å². The molecule has 3 rings (SSSR count). The predicted octanol–water partition coefficient (Wildman–Crippen LogP) is 3.57. The topological polar surface area (TPSA) is 38.8 Å². The molecule has 2 saturated heterocycles. The summed E-state index contributed by atoms with van der Waals surface area (Å²) in [5.74, 6) is 0.639. The van der Waals surface area contributed by atoms with Crippen LogP contribution in [0.4, 0.5) is 4.39 Å². The van der Waals surface area contributed by atoms with Crippen LogP contribution in [0.3, 0.4) is 0 Å². The highest BCUT2D eigenvalue weighted by Crippen LogP contribution is 2.30. The maximum atomic E-state index is 13.8. The molecule has 2 heterocycles. The number of hydrogen-bond donors (Lipinski definition) is 0. The van der Waals surface area contributed by atoms with Gasteiger partial charge < -0.3 is 14.4 Å². The molecular weight excluding hydrogens is 321 g/mol. The number of ether oxygens (including phenoxy) is 2. The second-order valence-electron chi connectivity index (χ2n) is 7.07. The third kappa shape index (κ3) is 4.51. The minimum absolute atomic E-state index is 0.201. The number of nitrogens with zero attached hydrogens (tertiary/aromatic N) is 1. The van der Waals surface area contributed by atoms with Gasteiger partial charge in [0.15, 0.2) is 11.6 Å². The summed E-state index contributed by atoms with van der Waals surface area (Å²) in [7, 11) is 1.45. The number of likely N-dealkylation sites (tertiary alicyclic amines) is 1. The number of piperidine rings is 1. The molecule has 0 spiro atoms. The summed E-state index contributed by atoms with van der Waals surface area (Å²) in [5.41, 5.74) is 0.839. The van der Waals surface area contributed by atoms with Crippen LogP contribution >= 0.6 is 0 Å². The number of halogens is 1. The first-order chi connectivity index (χ1) is 12.2. The smallest absolute Gasteiger partial charge is 0.223 e. The molecule has 0 radical (unpaired) electrons. The highest BCUT2D eigenvalue weighted by atomic mass is 19.1. The fourth-order valence-corrected chi connectivity index (χ4v) is 4.12. The molecule has 1 aromatic carbocycles. The van der Waals surface area contributed by atoms with Crippen LogP contribution in [0.25, 0.3) is 0 Å². The summed E-state index contributed by atoms with van der Waals surface area (Å²) in [4.78, 5) is 14.9. The van der Waals surface area contributed by atoms with Crippen LogP contribution in [-0.4, -0.2) is 43.7 Å². The quantitative estimate of drug-likeness (QED) is 0.816. The van der Waals surface area contributed by atoms with Gasteiger partial charge in [-0.15, -0.1) is 0 Å². The third-order valence-corrected chi connectivity index (χ3v) is 5.52. The van der Waals surface area contributed by atoms with E-state index in [4.69, 9.17) is 9.47 Å². The summed E-state index contributed by atoms with van der Waals surface area (Å²) in [6, 6.07) is 5.29. The Morgan fingerprint density at radius 3 is 2.80 bits per heavy atom. The van der Waals surface area contributed by atoms with Crippen molar-refractivity contribution in [1.82, 2.24) is 4.90 Å². The minimum Gasteiger partial charge on any atom is -0.494 e. The van der Waals surface area contributed by atoms with Crippen LogP contribution in [-0.2, 0) is 16.0 Å². The van der Waals surface area contributed by atoms with Crippen LogP contribution < -0.4 is 4.74 Å². The number of carbonyl (C=O) groups excluding carboxylic acids is 1. The first-order valence-electron chi connectivity index (χ1n) is 9.38. The molecule has 1 amide bonds. The van der Waals surface area contributed by atoms with Gasteiger partial charge in [-0.1, -0.05) is 6.07 Å². The standard InChI is InChI=1S/C20H28FNO3/c1-24-19-7-5-15(14-17(19)21)6-8-20(23)22-11-3-2-4-18(22)16-9-12-25-13-10-16/h5,7,14,16,18H,2-4,6,8-13H2,1H3. The zero-order chi connectivity index (χ0) is 17.6. The lowest BCUT2D eigenvalue weighted by atomic mass is 9.85. The van der Waals surface area contributed by atoms with E-state index in [0.717, 1.165) is 51.0 Å². The van der Waals surface area contributed by atoms with Crippen molar-refractivity contribution in [2.24, 2.45) is 5.92 Å².